The Bertz CT molecular complexity index is 849. The summed E-state index contributed by atoms with van der Waals surface area (Å²) in [5.41, 5.74) is 7.11. The van der Waals surface area contributed by atoms with E-state index in [1.54, 1.807) is 12.4 Å². The SMILES string of the molecule is CC1(N)C=CNC(Nc2cc(OCCCN3CCCC3)c3cn[nH]c3c2)=N1. The number of aromatic nitrogens is 2. The topological polar surface area (TPSA) is 104 Å². The molecular formula is C19H27N7O. The van der Waals surface area contributed by atoms with E-state index in [1.165, 1.54) is 25.9 Å². The Morgan fingerprint density at radius 2 is 2.19 bits per heavy atom. The lowest BCUT2D eigenvalue weighted by molar-refractivity contribution is 0.265. The van der Waals surface area contributed by atoms with Gasteiger partial charge in [-0.3, -0.25) is 5.10 Å². The largest absolute Gasteiger partial charge is 0.493 e. The van der Waals surface area contributed by atoms with Crippen LogP contribution >= 0.6 is 0 Å². The number of ether oxygens (including phenoxy) is 1. The second-order valence-electron chi connectivity index (χ2n) is 7.35. The molecule has 0 spiro atoms. The van der Waals surface area contributed by atoms with Crippen LogP contribution < -0.4 is 21.1 Å². The number of H-pyrrole nitrogens is 1. The maximum atomic E-state index is 6.08. The summed E-state index contributed by atoms with van der Waals surface area (Å²) in [5.74, 6) is 1.41. The van der Waals surface area contributed by atoms with Crippen molar-refractivity contribution in [2.24, 2.45) is 10.7 Å². The molecule has 1 fully saturated rings. The van der Waals surface area contributed by atoms with Crippen LogP contribution in [0.4, 0.5) is 5.69 Å². The molecule has 1 aromatic heterocycles. The second kappa shape index (κ2) is 7.58. The Labute approximate surface area is 158 Å². The summed E-state index contributed by atoms with van der Waals surface area (Å²) < 4.78 is 6.08. The summed E-state index contributed by atoms with van der Waals surface area (Å²) in [4.78, 5) is 6.94. The molecule has 8 heteroatoms. The second-order valence-corrected chi connectivity index (χ2v) is 7.35. The molecule has 2 aliphatic rings. The molecule has 0 amide bonds. The lowest BCUT2D eigenvalue weighted by Gasteiger charge is -2.22. The van der Waals surface area contributed by atoms with Crippen molar-refractivity contribution in [3.05, 3.63) is 30.6 Å². The van der Waals surface area contributed by atoms with Crippen LogP contribution in [0.1, 0.15) is 26.2 Å². The lowest BCUT2D eigenvalue weighted by atomic mass is 10.2. The summed E-state index contributed by atoms with van der Waals surface area (Å²) in [6, 6.07) is 3.96. The molecule has 0 bridgehead atoms. The number of fused-ring (bicyclic) bond motifs is 1. The van der Waals surface area contributed by atoms with Gasteiger partial charge in [0.05, 0.1) is 23.7 Å². The van der Waals surface area contributed by atoms with Crippen molar-refractivity contribution in [1.29, 1.82) is 0 Å². The first-order valence-corrected chi connectivity index (χ1v) is 9.51. The van der Waals surface area contributed by atoms with Gasteiger partial charge in [-0.05, 0) is 51.4 Å². The highest BCUT2D eigenvalue weighted by Gasteiger charge is 2.18. The van der Waals surface area contributed by atoms with Gasteiger partial charge < -0.3 is 26.0 Å². The summed E-state index contributed by atoms with van der Waals surface area (Å²) in [5, 5.41) is 14.5. The van der Waals surface area contributed by atoms with Crippen molar-refractivity contribution >= 4 is 22.5 Å². The Hall–Kier alpha value is -2.58. The quantitative estimate of drug-likeness (QED) is 0.581. The summed E-state index contributed by atoms with van der Waals surface area (Å²) in [7, 11) is 0. The smallest absolute Gasteiger partial charge is 0.202 e. The number of nitrogens with one attached hydrogen (secondary N) is 3. The molecule has 1 saturated heterocycles. The van der Waals surface area contributed by atoms with Crippen molar-refractivity contribution < 1.29 is 4.74 Å². The average molecular weight is 369 g/mol. The molecule has 0 saturated carbocycles. The maximum absolute atomic E-state index is 6.08. The van der Waals surface area contributed by atoms with Crippen molar-refractivity contribution in [2.75, 3.05) is 31.6 Å². The van der Waals surface area contributed by atoms with Crippen molar-refractivity contribution in [3.63, 3.8) is 0 Å². The molecule has 27 heavy (non-hydrogen) atoms. The highest BCUT2D eigenvalue weighted by atomic mass is 16.5. The van der Waals surface area contributed by atoms with Gasteiger partial charge in [-0.1, -0.05) is 0 Å². The van der Waals surface area contributed by atoms with Gasteiger partial charge in [0.15, 0.2) is 0 Å². The number of aromatic amines is 1. The van der Waals surface area contributed by atoms with E-state index < -0.39 is 5.66 Å². The Morgan fingerprint density at radius 3 is 3.00 bits per heavy atom. The molecule has 144 valence electrons. The van der Waals surface area contributed by atoms with E-state index in [0.717, 1.165) is 35.3 Å². The van der Waals surface area contributed by atoms with E-state index in [0.29, 0.717) is 12.6 Å². The third-order valence-electron chi connectivity index (χ3n) is 4.85. The van der Waals surface area contributed by atoms with Crippen LogP contribution in [-0.4, -0.2) is 53.0 Å². The average Bonchev–Trinajstić information content (AvgIpc) is 3.29. The molecule has 5 N–H and O–H groups in total. The summed E-state index contributed by atoms with van der Waals surface area (Å²) >= 11 is 0. The van der Waals surface area contributed by atoms with Gasteiger partial charge in [-0.15, -0.1) is 0 Å². The third-order valence-corrected chi connectivity index (χ3v) is 4.85. The fourth-order valence-electron chi connectivity index (χ4n) is 3.49. The molecule has 2 aromatic rings. The van der Waals surface area contributed by atoms with Crippen LogP contribution in [0.3, 0.4) is 0 Å². The van der Waals surface area contributed by atoms with Gasteiger partial charge in [0, 0.05) is 24.5 Å². The van der Waals surface area contributed by atoms with Crippen molar-refractivity contribution in [3.8, 4) is 5.75 Å². The normalized spacial score (nSPS) is 22.7. The molecule has 0 radical (unpaired) electrons. The van der Waals surface area contributed by atoms with Crippen molar-refractivity contribution in [1.82, 2.24) is 20.4 Å². The van der Waals surface area contributed by atoms with Gasteiger partial charge in [0.1, 0.15) is 11.4 Å². The van der Waals surface area contributed by atoms with Crippen LogP contribution in [0.5, 0.6) is 5.75 Å². The number of anilines is 1. The predicted octanol–water partition coefficient (Wildman–Crippen LogP) is 1.99. The van der Waals surface area contributed by atoms with E-state index >= 15 is 0 Å². The molecule has 3 heterocycles. The van der Waals surface area contributed by atoms with E-state index in [9.17, 15) is 0 Å². The maximum Gasteiger partial charge on any atom is 0.202 e. The molecule has 1 aromatic carbocycles. The minimum absolute atomic E-state index is 0.598. The Kier molecular flexibility index (Phi) is 5.00. The van der Waals surface area contributed by atoms with Crippen LogP contribution in [0.2, 0.25) is 0 Å². The van der Waals surface area contributed by atoms with Gasteiger partial charge in [0.25, 0.3) is 0 Å². The number of hydrogen-bond acceptors (Lipinski definition) is 7. The number of nitrogens with zero attached hydrogens (tertiary/aromatic N) is 3. The highest BCUT2D eigenvalue weighted by molar-refractivity contribution is 5.98. The summed E-state index contributed by atoms with van der Waals surface area (Å²) in [6.45, 7) is 6.06. The first-order chi connectivity index (χ1) is 13.1. The number of hydrogen-bond donors (Lipinski definition) is 4. The number of rotatable bonds is 6. The zero-order valence-electron chi connectivity index (χ0n) is 15.7. The van der Waals surface area contributed by atoms with Gasteiger partial charge in [-0.2, -0.15) is 5.10 Å². The molecule has 1 unspecified atom stereocenters. The van der Waals surface area contributed by atoms with Crippen LogP contribution in [0.25, 0.3) is 10.9 Å². The predicted molar refractivity (Wildman–Crippen MR) is 108 cm³/mol. The van der Waals surface area contributed by atoms with E-state index in [2.05, 4.69) is 30.7 Å². The fraction of sp³-hybridized carbons (Fsp3) is 0.474. The summed E-state index contributed by atoms with van der Waals surface area (Å²) in [6.07, 6.45) is 9.05. The van der Waals surface area contributed by atoms with Gasteiger partial charge in [-0.25, -0.2) is 4.99 Å². The number of guanidine groups is 1. The third kappa shape index (κ3) is 4.40. The van der Waals surface area contributed by atoms with Crippen molar-refractivity contribution in [2.45, 2.75) is 31.8 Å². The minimum Gasteiger partial charge on any atom is -0.493 e. The molecule has 0 aliphatic carbocycles. The standard InChI is InChI=1S/C19H27N7O/c1-19(20)5-6-21-18(24-19)23-14-11-16-15(13-22-25-16)17(12-14)27-10-4-9-26-7-2-3-8-26/h5-6,11-13H,2-4,7-10,20H2,1H3,(H,22,25)(H2,21,23,24). The first-order valence-electron chi connectivity index (χ1n) is 9.51. The molecule has 4 rings (SSSR count). The first kappa shape index (κ1) is 17.8. The van der Waals surface area contributed by atoms with Crippen LogP contribution in [-0.2, 0) is 0 Å². The van der Waals surface area contributed by atoms with Crippen LogP contribution in [0.15, 0.2) is 35.6 Å². The van der Waals surface area contributed by atoms with E-state index in [-0.39, 0.29) is 0 Å². The number of benzene rings is 1. The Morgan fingerprint density at radius 1 is 1.33 bits per heavy atom. The van der Waals surface area contributed by atoms with Gasteiger partial charge >= 0.3 is 0 Å². The van der Waals surface area contributed by atoms with Gasteiger partial charge in [0.2, 0.25) is 5.96 Å². The monoisotopic (exact) mass is 369 g/mol. The minimum atomic E-state index is -0.722. The number of aliphatic imine (C=N–C) groups is 1. The highest BCUT2D eigenvalue weighted by Crippen LogP contribution is 2.29. The number of nitrogens with two attached hydrogens (primary N) is 1. The Balaban J connectivity index is 1.44. The zero-order valence-corrected chi connectivity index (χ0v) is 15.7. The van der Waals surface area contributed by atoms with E-state index in [1.807, 2.05) is 25.1 Å². The lowest BCUT2D eigenvalue weighted by Crippen LogP contribution is -2.41. The molecule has 8 nitrogen and oxygen atoms in total. The fourth-order valence-corrected chi connectivity index (χ4v) is 3.49. The molecular weight excluding hydrogens is 342 g/mol. The molecule has 2 aliphatic heterocycles. The zero-order chi connectivity index (χ0) is 18.7. The van der Waals surface area contributed by atoms with Crippen LogP contribution in [0, 0.1) is 0 Å². The molecule has 1 atom stereocenters. The van der Waals surface area contributed by atoms with E-state index in [4.69, 9.17) is 10.5 Å². The number of likely N-dealkylation sites (tertiary alicyclic amines) is 1.